The Morgan fingerprint density at radius 3 is 2.78 bits per heavy atom. The van der Waals surface area contributed by atoms with Crippen molar-refractivity contribution in [3.63, 3.8) is 0 Å². The Kier molecular flexibility index (Phi) is 4.78. The van der Waals surface area contributed by atoms with Gasteiger partial charge in [0.05, 0.1) is 11.8 Å². The Morgan fingerprint density at radius 2 is 2.09 bits per heavy atom. The summed E-state index contributed by atoms with van der Waals surface area (Å²) in [5.41, 5.74) is 1.69. The standard InChI is InChI=1S/C18H26N4O/c1-14(20-13-18(23)9-5-3-6-10-18)16-12-21-22(15(16)2)17-8-4-7-11-19-17/h4,7-8,11-12,14,20,23H,3,5-6,9-10,13H2,1-2H3. The number of hydrogen-bond acceptors (Lipinski definition) is 4. The molecule has 1 saturated carbocycles. The van der Waals surface area contributed by atoms with Crippen molar-refractivity contribution in [1.29, 1.82) is 0 Å². The van der Waals surface area contributed by atoms with Crippen LogP contribution in [0.15, 0.2) is 30.6 Å². The van der Waals surface area contributed by atoms with Crippen molar-refractivity contribution in [3.05, 3.63) is 41.9 Å². The van der Waals surface area contributed by atoms with Gasteiger partial charge in [0.2, 0.25) is 0 Å². The lowest BCUT2D eigenvalue weighted by molar-refractivity contribution is 0.00298. The number of rotatable bonds is 5. The zero-order chi connectivity index (χ0) is 16.3. The molecule has 1 atom stereocenters. The average molecular weight is 314 g/mol. The van der Waals surface area contributed by atoms with Gasteiger partial charge in [-0.25, -0.2) is 9.67 Å². The van der Waals surface area contributed by atoms with Crippen LogP contribution in [-0.2, 0) is 0 Å². The number of hydrogen-bond donors (Lipinski definition) is 2. The lowest BCUT2D eigenvalue weighted by atomic mass is 9.84. The van der Waals surface area contributed by atoms with Crippen LogP contribution < -0.4 is 5.32 Å². The van der Waals surface area contributed by atoms with Crippen molar-refractivity contribution in [3.8, 4) is 5.82 Å². The molecule has 1 aliphatic rings. The van der Waals surface area contributed by atoms with E-state index in [2.05, 4.69) is 29.2 Å². The summed E-state index contributed by atoms with van der Waals surface area (Å²) < 4.78 is 1.86. The highest BCUT2D eigenvalue weighted by Gasteiger charge is 2.29. The van der Waals surface area contributed by atoms with Crippen LogP contribution in [0.2, 0.25) is 0 Å². The number of nitrogens with one attached hydrogen (secondary N) is 1. The molecule has 1 aliphatic carbocycles. The molecule has 2 heterocycles. The summed E-state index contributed by atoms with van der Waals surface area (Å²) in [5, 5.41) is 18.6. The Labute approximate surface area is 137 Å². The third-order valence-electron chi connectivity index (χ3n) is 4.90. The van der Waals surface area contributed by atoms with Crippen LogP contribution in [0.4, 0.5) is 0 Å². The van der Waals surface area contributed by atoms with Gasteiger partial charge in [0, 0.05) is 30.0 Å². The van der Waals surface area contributed by atoms with Crippen molar-refractivity contribution in [2.24, 2.45) is 0 Å². The van der Waals surface area contributed by atoms with Crippen LogP contribution in [0.1, 0.15) is 56.3 Å². The summed E-state index contributed by atoms with van der Waals surface area (Å²) in [4.78, 5) is 4.35. The van der Waals surface area contributed by atoms with Crippen LogP contribution in [-0.4, -0.2) is 32.0 Å². The lowest BCUT2D eigenvalue weighted by Gasteiger charge is -2.33. The number of aliphatic hydroxyl groups is 1. The van der Waals surface area contributed by atoms with Crippen LogP contribution in [0, 0.1) is 6.92 Å². The van der Waals surface area contributed by atoms with E-state index in [-0.39, 0.29) is 6.04 Å². The minimum Gasteiger partial charge on any atom is -0.389 e. The van der Waals surface area contributed by atoms with Gasteiger partial charge in [0.15, 0.2) is 5.82 Å². The summed E-state index contributed by atoms with van der Waals surface area (Å²) in [6, 6.07) is 5.97. The van der Waals surface area contributed by atoms with Gasteiger partial charge >= 0.3 is 0 Å². The first kappa shape index (κ1) is 16.1. The Morgan fingerprint density at radius 1 is 1.30 bits per heavy atom. The fourth-order valence-corrected chi connectivity index (χ4v) is 3.40. The van der Waals surface area contributed by atoms with Crippen molar-refractivity contribution in [1.82, 2.24) is 20.1 Å². The highest BCUT2D eigenvalue weighted by atomic mass is 16.3. The van der Waals surface area contributed by atoms with Crippen molar-refractivity contribution < 1.29 is 5.11 Å². The highest BCUT2D eigenvalue weighted by molar-refractivity contribution is 5.29. The molecule has 23 heavy (non-hydrogen) atoms. The van der Waals surface area contributed by atoms with Crippen molar-refractivity contribution >= 4 is 0 Å². The molecule has 0 radical (unpaired) electrons. The van der Waals surface area contributed by atoms with Crippen LogP contribution >= 0.6 is 0 Å². The second-order valence-electron chi connectivity index (χ2n) is 6.67. The molecule has 2 N–H and O–H groups in total. The molecule has 5 heteroatoms. The molecule has 1 unspecified atom stereocenters. The van der Waals surface area contributed by atoms with E-state index >= 15 is 0 Å². The van der Waals surface area contributed by atoms with E-state index in [0.29, 0.717) is 6.54 Å². The summed E-state index contributed by atoms with van der Waals surface area (Å²) in [5.74, 6) is 0.828. The number of aromatic nitrogens is 3. The number of pyridine rings is 1. The molecule has 2 aromatic rings. The summed E-state index contributed by atoms with van der Waals surface area (Å²) >= 11 is 0. The van der Waals surface area contributed by atoms with E-state index in [0.717, 1.165) is 42.8 Å². The minimum absolute atomic E-state index is 0.151. The Hall–Kier alpha value is -1.72. The average Bonchev–Trinajstić information content (AvgIpc) is 2.96. The highest BCUT2D eigenvalue weighted by Crippen LogP contribution is 2.28. The summed E-state index contributed by atoms with van der Waals surface area (Å²) in [6.45, 7) is 4.83. The van der Waals surface area contributed by atoms with E-state index in [4.69, 9.17) is 0 Å². The fraction of sp³-hybridized carbons (Fsp3) is 0.556. The molecule has 0 amide bonds. The maximum Gasteiger partial charge on any atom is 0.153 e. The molecule has 0 spiro atoms. The molecule has 0 aliphatic heterocycles. The minimum atomic E-state index is -0.544. The summed E-state index contributed by atoms with van der Waals surface area (Å²) in [7, 11) is 0. The van der Waals surface area contributed by atoms with E-state index in [1.165, 1.54) is 6.42 Å². The molecule has 0 bridgehead atoms. The Bertz CT molecular complexity index is 632. The SMILES string of the molecule is Cc1c(C(C)NCC2(O)CCCCC2)cnn1-c1ccccn1. The molecule has 3 rings (SSSR count). The molecule has 1 fully saturated rings. The molecular weight excluding hydrogens is 288 g/mol. The molecule has 0 aromatic carbocycles. The van der Waals surface area contributed by atoms with Gasteiger partial charge in [-0.05, 0) is 38.8 Å². The molecule has 5 nitrogen and oxygen atoms in total. The predicted octanol–water partition coefficient (Wildman–Crippen LogP) is 2.92. The van der Waals surface area contributed by atoms with Crippen LogP contribution in [0.5, 0.6) is 0 Å². The van der Waals surface area contributed by atoms with Gasteiger partial charge in [-0.3, -0.25) is 0 Å². The monoisotopic (exact) mass is 314 g/mol. The first-order valence-electron chi connectivity index (χ1n) is 8.51. The first-order chi connectivity index (χ1) is 11.1. The zero-order valence-electron chi connectivity index (χ0n) is 14.0. The van der Waals surface area contributed by atoms with Gasteiger partial charge in [0.25, 0.3) is 0 Å². The van der Waals surface area contributed by atoms with Gasteiger partial charge in [-0.15, -0.1) is 0 Å². The normalized spacial score (nSPS) is 18.7. The van der Waals surface area contributed by atoms with Crippen molar-refractivity contribution in [2.45, 2.75) is 57.6 Å². The largest absolute Gasteiger partial charge is 0.389 e. The summed E-state index contributed by atoms with van der Waals surface area (Å²) in [6.07, 6.45) is 8.97. The smallest absolute Gasteiger partial charge is 0.153 e. The maximum atomic E-state index is 10.6. The zero-order valence-corrected chi connectivity index (χ0v) is 14.0. The van der Waals surface area contributed by atoms with E-state index < -0.39 is 5.60 Å². The fourth-order valence-electron chi connectivity index (χ4n) is 3.40. The molecule has 124 valence electrons. The van der Waals surface area contributed by atoms with E-state index in [1.54, 1.807) is 6.20 Å². The third kappa shape index (κ3) is 3.62. The topological polar surface area (TPSA) is 63.0 Å². The second kappa shape index (κ2) is 6.81. The lowest BCUT2D eigenvalue weighted by Crippen LogP contribution is -2.42. The van der Waals surface area contributed by atoms with Gasteiger partial charge in [-0.2, -0.15) is 5.10 Å². The van der Waals surface area contributed by atoms with Gasteiger partial charge in [-0.1, -0.05) is 25.3 Å². The van der Waals surface area contributed by atoms with Crippen LogP contribution in [0.25, 0.3) is 5.82 Å². The van der Waals surface area contributed by atoms with Crippen molar-refractivity contribution in [2.75, 3.05) is 6.54 Å². The van der Waals surface area contributed by atoms with Gasteiger partial charge < -0.3 is 10.4 Å². The van der Waals surface area contributed by atoms with Crippen LogP contribution in [0.3, 0.4) is 0 Å². The predicted molar refractivity (Wildman–Crippen MR) is 90.5 cm³/mol. The quantitative estimate of drug-likeness (QED) is 0.891. The van der Waals surface area contributed by atoms with Gasteiger partial charge in [0.1, 0.15) is 0 Å². The third-order valence-corrected chi connectivity index (χ3v) is 4.90. The Balaban J connectivity index is 1.68. The van der Waals surface area contributed by atoms with E-state index in [1.807, 2.05) is 29.1 Å². The second-order valence-corrected chi connectivity index (χ2v) is 6.67. The number of nitrogens with zero attached hydrogens (tertiary/aromatic N) is 3. The molecule has 0 saturated heterocycles. The first-order valence-corrected chi connectivity index (χ1v) is 8.51. The maximum absolute atomic E-state index is 10.6. The molecule has 2 aromatic heterocycles. The van der Waals surface area contributed by atoms with E-state index in [9.17, 15) is 5.11 Å². The molecular formula is C18H26N4O.